The fourth-order valence-electron chi connectivity index (χ4n) is 2.73. The Balaban J connectivity index is 1.73. The van der Waals surface area contributed by atoms with Crippen LogP contribution in [0.3, 0.4) is 0 Å². The third-order valence-electron chi connectivity index (χ3n) is 3.70. The van der Waals surface area contributed by atoms with Crippen LogP contribution in [0.4, 0.5) is 0 Å². The summed E-state index contributed by atoms with van der Waals surface area (Å²) in [7, 11) is 0. The molecule has 1 saturated heterocycles. The lowest BCUT2D eigenvalue weighted by Gasteiger charge is -2.27. The number of nitrogens with zero attached hydrogens (tertiary/aromatic N) is 2. The molecule has 0 aliphatic carbocycles. The van der Waals surface area contributed by atoms with Crippen molar-refractivity contribution in [1.82, 2.24) is 25.8 Å². The minimum atomic E-state index is -0.318. The van der Waals surface area contributed by atoms with Crippen molar-refractivity contribution in [3.63, 3.8) is 0 Å². The van der Waals surface area contributed by atoms with Gasteiger partial charge in [0, 0.05) is 13.0 Å². The zero-order chi connectivity index (χ0) is 13.6. The largest absolute Gasteiger partial charge is 0.354 e. The van der Waals surface area contributed by atoms with Gasteiger partial charge in [-0.2, -0.15) is 5.10 Å². The zero-order valence-electron chi connectivity index (χ0n) is 11.5. The Morgan fingerprint density at radius 3 is 3.11 bits per heavy atom. The van der Waals surface area contributed by atoms with Gasteiger partial charge in [-0.1, -0.05) is 13.3 Å². The van der Waals surface area contributed by atoms with Crippen molar-refractivity contribution in [3.8, 4) is 0 Å². The van der Waals surface area contributed by atoms with E-state index in [2.05, 4.69) is 32.7 Å². The van der Waals surface area contributed by atoms with Gasteiger partial charge >= 0.3 is 0 Å². The number of carbonyl (C=O) groups is 1. The monoisotopic (exact) mass is 265 g/mol. The molecule has 0 bridgehead atoms. The molecule has 6 heteroatoms. The molecule has 6 nitrogen and oxygen atoms in total. The van der Waals surface area contributed by atoms with E-state index in [1.165, 1.54) is 6.33 Å². The Bertz CT molecular complexity index is 384. The van der Waals surface area contributed by atoms with Gasteiger partial charge in [-0.05, 0) is 32.2 Å². The van der Waals surface area contributed by atoms with E-state index in [-0.39, 0.29) is 11.4 Å². The minimum Gasteiger partial charge on any atom is -0.354 e. The summed E-state index contributed by atoms with van der Waals surface area (Å²) in [5, 5.41) is 13.1. The van der Waals surface area contributed by atoms with E-state index in [0.29, 0.717) is 6.54 Å². The summed E-state index contributed by atoms with van der Waals surface area (Å²) in [6, 6.07) is 0. The van der Waals surface area contributed by atoms with E-state index in [1.807, 2.05) is 0 Å². The molecule has 1 aromatic heterocycles. The average molecular weight is 265 g/mol. The van der Waals surface area contributed by atoms with Crippen molar-refractivity contribution in [2.75, 3.05) is 13.1 Å². The van der Waals surface area contributed by atoms with E-state index in [9.17, 15) is 4.79 Å². The molecule has 3 N–H and O–H groups in total. The maximum Gasteiger partial charge on any atom is 0.240 e. The smallest absolute Gasteiger partial charge is 0.240 e. The molecule has 1 fully saturated rings. The number of rotatable bonds is 7. The van der Waals surface area contributed by atoms with Gasteiger partial charge < -0.3 is 10.6 Å². The molecule has 2 heterocycles. The van der Waals surface area contributed by atoms with Crippen LogP contribution in [0.15, 0.2) is 6.33 Å². The molecule has 1 aliphatic rings. The van der Waals surface area contributed by atoms with Gasteiger partial charge in [-0.15, -0.1) is 0 Å². The van der Waals surface area contributed by atoms with Crippen molar-refractivity contribution in [2.24, 2.45) is 0 Å². The second-order valence-electron chi connectivity index (χ2n) is 5.15. The van der Waals surface area contributed by atoms with Gasteiger partial charge in [0.1, 0.15) is 12.2 Å². The van der Waals surface area contributed by atoms with E-state index < -0.39 is 0 Å². The lowest BCUT2D eigenvalue weighted by atomic mass is 9.91. The van der Waals surface area contributed by atoms with E-state index >= 15 is 0 Å². The number of nitrogens with one attached hydrogen (secondary N) is 3. The van der Waals surface area contributed by atoms with Crippen LogP contribution in [0.5, 0.6) is 0 Å². The fourth-order valence-corrected chi connectivity index (χ4v) is 2.73. The number of H-pyrrole nitrogens is 1. The van der Waals surface area contributed by atoms with Gasteiger partial charge in [0.05, 0.1) is 5.54 Å². The molecule has 0 spiro atoms. The number of aromatic amines is 1. The van der Waals surface area contributed by atoms with Crippen LogP contribution in [0.25, 0.3) is 0 Å². The first-order chi connectivity index (χ1) is 9.27. The molecular formula is C13H23N5O. The first-order valence-corrected chi connectivity index (χ1v) is 7.14. The predicted octanol–water partition coefficient (Wildman–Crippen LogP) is 0.776. The van der Waals surface area contributed by atoms with Crippen molar-refractivity contribution < 1.29 is 4.79 Å². The number of amides is 1. The SMILES string of the molecule is CCCC1(C(=O)NCCCc2ncn[nH]2)CCCN1. The van der Waals surface area contributed by atoms with Crippen LogP contribution in [-0.4, -0.2) is 39.7 Å². The highest BCUT2D eigenvalue weighted by atomic mass is 16.2. The Hall–Kier alpha value is -1.43. The predicted molar refractivity (Wildman–Crippen MR) is 72.6 cm³/mol. The Labute approximate surface area is 113 Å². The number of aromatic nitrogens is 3. The summed E-state index contributed by atoms with van der Waals surface area (Å²) >= 11 is 0. The quantitative estimate of drug-likeness (QED) is 0.636. The Morgan fingerprint density at radius 1 is 1.58 bits per heavy atom. The molecule has 1 aromatic rings. The maximum atomic E-state index is 12.3. The highest BCUT2D eigenvalue weighted by Crippen LogP contribution is 2.24. The summed E-state index contributed by atoms with van der Waals surface area (Å²) < 4.78 is 0. The number of hydrogen-bond acceptors (Lipinski definition) is 4. The molecule has 19 heavy (non-hydrogen) atoms. The van der Waals surface area contributed by atoms with Crippen LogP contribution in [0.1, 0.15) is 44.9 Å². The van der Waals surface area contributed by atoms with Crippen molar-refractivity contribution in [3.05, 3.63) is 12.2 Å². The van der Waals surface area contributed by atoms with Gasteiger partial charge in [-0.3, -0.25) is 9.89 Å². The first kappa shape index (κ1) is 14.0. The summed E-state index contributed by atoms with van der Waals surface area (Å²) in [6.07, 6.45) is 7.18. The number of carbonyl (C=O) groups excluding carboxylic acids is 1. The zero-order valence-corrected chi connectivity index (χ0v) is 11.5. The van der Waals surface area contributed by atoms with Crippen LogP contribution in [0.2, 0.25) is 0 Å². The van der Waals surface area contributed by atoms with Crippen LogP contribution < -0.4 is 10.6 Å². The lowest BCUT2D eigenvalue weighted by molar-refractivity contribution is -0.127. The Morgan fingerprint density at radius 2 is 2.47 bits per heavy atom. The van der Waals surface area contributed by atoms with Gasteiger partial charge in [-0.25, -0.2) is 4.98 Å². The second kappa shape index (κ2) is 6.65. The summed E-state index contributed by atoms with van der Waals surface area (Å²) in [5.74, 6) is 1.03. The van der Waals surface area contributed by atoms with Gasteiger partial charge in [0.2, 0.25) is 5.91 Å². The third-order valence-corrected chi connectivity index (χ3v) is 3.70. The number of aryl methyl sites for hydroxylation is 1. The number of hydrogen-bond donors (Lipinski definition) is 3. The lowest BCUT2D eigenvalue weighted by Crippen LogP contribution is -2.53. The molecule has 2 rings (SSSR count). The first-order valence-electron chi connectivity index (χ1n) is 7.14. The van der Waals surface area contributed by atoms with Crippen LogP contribution in [-0.2, 0) is 11.2 Å². The fraction of sp³-hybridized carbons (Fsp3) is 0.769. The molecule has 106 valence electrons. The van der Waals surface area contributed by atoms with E-state index in [0.717, 1.165) is 50.9 Å². The van der Waals surface area contributed by atoms with Crippen molar-refractivity contribution in [2.45, 2.75) is 51.0 Å². The molecular weight excluding hydrogens is 242 g/mol. The molecule has 1 amide bonds. The average Bonchev–Trinajstić information content (AvgIpc) is 3.06. The van der Waals surface area contributed by atoms with Crippen LogP contribution in [0, 0.1) is 0 Å². The maximum absolute atomic E-state index is 12.3. The molecule has 0 aromatic carbocycles. The highest BCUT2D eigenvalue weighted by Gasteiger charge is 2.39. The normalized spacial score (nSPS) is 22.6. The van der Waals surface area contributed by atoms with Crippen molar-refractivity contribution in [1.29, 1.82) is 0 Å². The molecule has 0 saturated carbocycles. The summed E-state index contributed by atoms with van der Waals surface area (Å²) in [4.78, 5) is 16.4. The molecule has 1 atom stereocenters. The highest BCUT2D eigenvalue weighted by molar-refractivity contribution is 5.86. The topological polar surface area (TPSA) is 82.7 Å². The summed E-state index contributed by atoms with van der Waals surface area (Å²) in [5.41, 5.74) is -0.318. The van der Waals surface area contributed by atoms with E-state index in [1.54, 1.807) is 0 Å². The van der Waals surface area contributed by atoms with Gasteiger partial charge in [0.25, 0.3) is 0 Å². The minimum absolute atomic E-state index is 0.157. The van der Waals surface area contributed by atoms with Crippen LogP contribution >= 0.6 is 0 Å². The molecule has 1 unspecified atom stereocenters. The standard InChI is InChI=1S/C13H23N5O/c1-2-6-13(7-4-9-16-13)12(19)14-8-3-5-11-15-10-17-18-11/h10,16H,2-9H2,1H3,(H,14,19)(H,15,17,18). The Kier molecular flexibility index (Phi) is 4.90. The van der Waals surface area contributed by atoms with Crippen molar-refractivity contribution >= 4 is 5.91 Å². The summed E-state index contributed by atoms with van der Waals surface area (Å²) in [6.45, 7) is 3.76. The third kappa shape index (κ3) is 3.53. The molecule has 0 radical (unpaired) electrons. The molecule has 1 aliphatic heterocycles. The second-order valence-corrected chi connectivity index (χ2v) is 5.15. The van der Waals surface area contributed by atoms with E-state index in [4.69, 9.17) is 0 Å². The van der Waals surface area contributed by atoms with Gasteiger partial charge in [0.15, 0.2) is 0 Å².